The van der Waals surface area contributed by atoms with Gasteiger partial charge >= 0.3 is 0 Å². The first-order valence-corrected chi connectivity index (χ1v) is 6.19. The smallest absolute Gasteiger partial charge is 0.148 e. The molecule has 5 nitrogen and oxygen atoms in total. The molecule has 6 heteroatoms. The van der Waals surface area contributed by atoms with Crippen LogP contribution in [0.1, 0.15) is 18.3 Å². The summed E-state index contributed by atoms with van der Waals surface area (Å²) in [6.45, 7) is 6.96. The highest BCUT2D eigenvalue weighted by Gasteiger charge is 2.12. The van der Waals surface area contributed by atoms with Crippen LogP contribution >= 0.6 is 15.9 Å². The Balaban J connectivity index is 2.37. The van der Waals surface area contributed by atoms with Crippen molar-refractivity contribution >= 4 is 27.4 Å². The minimum atomic E-state index is 0.752. The Labute approximate surface area is 108 Å². The Hall–Kier alpha value is -1.43. The van der Waals surface area contributed by atoms with E-state index in [1.807, 2.05) is 18.5 Å². The number of anilines is 2. The van der Waals surface area contributed by atoms with Crippen LogP contribution < -0.4 is 5.32 Å². The maximum atomic E-state index is 4.45. The van der Waals surface area contributed by atoms with E-state index >= 15 is 0 Å². The Kier molecular flexibility index (Phi) is 3.42. The Bertz CT molecular complexity index is 535. The van der Waals surface area contributed by atoms with Crippen LogP contribution in [0, 0.1) is 13.8 Å². The van der Waals surface area contributed by atoms with Crippen molar-refractivity contribution in [2.45, 2.75) is 27.3 Å². The Morgan fingerprint density at radius 2 is 2.18 bits per heavy atom. The molecule has 0 aliphatic rings. The molecule has 0 aromatic carbocycles. The number of hydrogen-bond donors (Lipinski definition) is 1. The molecule has 0 radical (unpaired) electrons. The van der Waals surface area contributed by atoms with Crippen molar-refractivity contribution in [3.8, 4) is 0 Å². The van der Waals surface area contributed by atoms with Gasteiger partial charge in [0.25, 0.3) is 0 Å². The highest BCUT2D eigenvalue weighted by atomic mass is 79.9. The molecule has 17 heavy (non-hydrogen) atoms. The predicted molar refractivity (Wildman–Crippen MR) is 70.4 cm³/mol. The number of rotatable bonds is 3. The van der Waals surface area contributed by atoms with E-state index in [0.717, 1.165) is 33.9 Å². The van der Waals surface area contributed by atoms with Crippen LogP contribution in [0.2, 0.25) is 0 Å². The first kappa shape index (κ1) is 12.0. The van der Waals surface area contributed by atoms with Crippen molar-refractivity contribution in [2.75, 3.05) is 5.32 Å². The van der Waals surface area contributed by atoms with Gasteiger partial charge in [-0.05, 0) is 36.7 Å². The lowest BCUT2D eigenvalue weighted by molar-refractivity contribution is 0.634. The number of nitrogens with one attached hydrogen (secondary N) is 1. The molecule has 0 bridgehead atoms. The van der Waals surface area contributed by atoms with Gasteiger partial charge < -0.3 is 5.32 Å². The number of nitrogens with zero attached hydrogens (tertiary/aromatic N) is 4. The van der Waals surface area contributed by atoms with Crippen molar-refractivity contribution in [3.05, 3.63) is 28.4 Å². The molecule has 0 amide bonds. The fraction of sp³-hybridized carbons (Fsp3) is 0.364. The van der Waals surface area contributed by atoms with Crippen molar-refractivity contribution in [2.24, 2.45) is 0 Å². The van der Waals surface area contributed by atoms with Crippen LogP contribution in [0.3, 0.4) is 0 Å². The SMILES string of the molecule is CCn1nc(C)c(Nc2ncncc2Br)c1C. The van der Waals surface area contributed by atoms with Crippen molar-refractivity contribution < 1.29 is 0 Å². The molecule has 0 fully saturated rings. The van der Waals surface area contributed by atoms with Gasteiger partial charge in [-0.15, -0.1) is 0 Å². The van der Waals surface area contributed by atoms with E-state index < -0.39 is 0 Å². The van der Waals surface area contributed by atoms with E-state index in [2.05, 4.69) is 43.2 Å². The molecule has 2 aromatic rings. The van der Waals surface area contributed by atoms with E-state index in [9.17, 15) is 0 Å². The van der Waals surface area contributed by atoms with Crippen LogP contribution in [-0.2, 0) is 6.54 Å². The molecule has 0 spiro atoms. The molecule has 2 rings (SSSR count). The summed E-state index contributed by atoms with van der Waals surface area (Å²) < 4.78 is 2.80. The van der Waals surface area contributed by atoms with E-state index in [1.54, 1.807) is 6.20 Å². The quantitative estimate of drug-likeness (QED) is 0.946. The second kappa shape index (κ2) is 4.83. The molecule has 90 valence electrons. The number of hydrogen-bond acceptors (Lipinski definition) is 4. The Morgan fingerprint density at radius 1 is 1.41 bits per heavy atom. The maximum absolute atomic E-state index is 4.45. The molecule has 0 aliphatic heterocycles. The van der Waals surface area contributed by atoms with Gasteiger partial charge in [-0.2, -0.15) is 5.10 Å². The average Bonchev–Trinajstić information content (AvgIpc) is 2.59. The first-order valence-electron chi connectivity index (χ1n) is 5.40. The summed E-state index contributed by atoms with van der Waals surface area (Å²) in [6, 6.07) is 0. The molecule has 0 aliphatic carbocycles. The molecule has 2 heterocycles. The molecule has 0 saturated heterocycles. The third kappa shape index (κ3) is 2.31. The van der Waals surface area contributed by atoms with Gasteiger partial charge in [0, 0.05) is 12.7 Å². The van der Waals surface area contributed by atoms with Crippen LogP contribution in [-0.4, -0.2) is 19.7 Å². The van der Waals surface area contributed by atoms with Crippen LogP contribution in [0.5, 0.6) is 0 Å². The van der Waals surface area contributed by atoms with Gasteiger partial charge in [0.1, 0.15) is 12.1 Å². The van der Waals surface area contributed by atoms with E-state index in [-0.39, 0.29) is 0 Å². The maximum Gasteiger partial charge on any atom is 0.148 e. The highest BCUT2D eigenvalue weighted by Crippen LogP contribution is 2.26. The average molecular weight is 296 g/mol. The second-order valence-electron chi connectivity index (χ2n) is 3.71. The standard InChI is InChI=1S/C11H14BrN5/c1-4-17-8(3)10(7(2)16-17)15-11-9(12)5-13-6-14-11/h5-6H,4H2,1-3H3,(H,13,14,15). The second-order valence-corrected chi connectivity index (χ2v) is 4.56. The summed E-state index contributed by atoms with van der Waals surface area (Å²) in [7, 11) is 0. The normalized spacial score (nSPS) is 10.6. The number of aryl methyl sites for hydroxylation is 2. The van der Waals surface area contributed by atoms with Gasteiger partial charge in [0.05, 0.1) is 21.5 Å². The van der Waals surface area contributed by atoms with Crippen LogP contribution in [0.15, 0.2) is 17.0 Å². The molecule has 0 unspecified atom stereocenters. The first-order chi connectivity index (χ1) is 8.13. The van der Waals surface area contributed by atoms with Crippen LogP contribution in [0.25, 0.3) is 0 Å². The Morgan fingerprint density at radius 3 is 2.76 bits per heavy atom. The van der Waals surface area contributed by atoms with E-state index in [1.165, 1.54) is 6.33 Å². The van der Waals surface area contributed by atoms with Gasteiger partial charge in [0.2, 0.25) is 0 Å². The summed E-state index contributed by atoms with van der Waals surface area (Å²) in [4.78, 5) is 8.12. The molecule has 0 atom stereocenters. The molecule has 0 saturated carbocycles. The largest absolute Gasteiger partial charge is 0.336 e. The number of aromatic nitrogens is 4. The summed E-state index contributed by atoms with van der Waals surface area (Å²) in [6.07, 6.45) is 3.23. The topological polar surface area (TPSA) is 55.6 Å². The monoisotopic (exact) mass is 295 g/mol. The van der Waals surface area contributed by atoms with E-state index in [0.29, 0.717) is 0 Å². The van der Waals surface area contributed by atoms with Gasteiger partial charge in [-0.3, -0.25) is 4.68 Å². The third-order valence-electron chi connectivity index (χ3n) is 2.59. The lowest BCUT2D eigenvalue weighted by Gasteiger charge is -2.07. The minimum Gasteiger partial charge on any atom is -0.336 e. The van der Waals surface area contributed by atoms with Gasteiger partial charge in [-0.25, -0.2) is 9.97 Å². The third-order valence-corrected chi connectivity index (χ3v) is 3.17. The molecule has 2 aromatic heterocycles. The fourth-order valence-electron chi connectivity index (χ4n) is 1.71. The fourth-order valence-corrected chi connectivity index (χ4v) is 2.03. The summed E-state index contributed by atoms with van der Waals surface area (Å²) in [5.41, 5.74) is 3.08. The van der Waals surface area contributed by atoms with Gasteiger partial charge in [0.15, 0.2) is 0 Å². The minimum absolute atomic E-state index is 0.752. The van der Waals surface area contributed by atoms with Crippen LogP contribution in [0.4, 0.5) is 11.5 Å². The van der Waals surface area contributed by atoms with Gasteiger partial charge in [-0.1, -0.05) is 0 Å². The summed E-state index contributed by atoms with van der Waals surface area (Å²) >= 11 is 3.41. The van der Waals surface area contributed by atoms with Crippen molar-refractivity contribution in [1.29, 1.82) is 0 Å². The molecular formula is C11H14BrN5. The summed E-state index contributed by atoms with van der Waals surface area (Å²) in [5, 5.41) is 7.73. The zero-order valence-corrected chi connectivity index (χ0v) is 11.6. The lowest BCUT2D eigenvalue weighted by Crippen LogP contribution is -2.00. The predicted octanol–water partition coefficient (Wildman–Crippen LogP) is 2.82. The molecule has 1 N–H and O–H groups in total. The van der Waals surface area contributed by atoms with Crippen molar-refractivity contribution in [3.63, 3.8) is 0 Å². The van der Waals surface area contributed by atoms with Crippen molar-refractivity contribution in [1.82, 2.24) is 19.7 Å². The number of halogens is 1. The zero-order chi connectivity index (χ0) is 12.4. The highest BCUT2D eigenvalue weighted by molar-refractivity contribution is 9.10. The zero-order valence-electron chi connectivity index (χ0n) is 10.0. The summed E-state index contributed by atoms with van der Waals surface area (Å²) in [5.74, 6) is 0.752. The molecular weight excluding hydrogens is 282 g/mol. The van der Waals surface area contributed by atoms with E-state index in [4.69, 9.17) is 0 Å². The lowest BCUT2D eigenvalue weighted by atomic mass is 10.3.